The van der Waals surface area contributed by atoms with Gasteiger partial charge in [0, 0.05) is 11.6 Å². The Morgan fingerprint density at radius 3 is 2.69 bits per heavy atom. The van der Waals surface area contributed by atoms with E-state index in [-0.39, 0.29) is 23.3 Å². The summed E-state index contributed by atoms with van der Waals surface area (Å²) in [7, 11) is 0. The highest BCUT2D eigenvalue weighted by atomic mass is 19.1. The van der Waals surface area contributed by atoms with E-state index < -0.39 is 17.4 Å². The highest BCUT2D eigenvalue weighted by molar-refractivity contribution is 5.79. The summed E-state index contributed by atoms with van der Waals surface area (Å²) in [4.78, 5) is 16.1. The molecule has 0 N–H and O–H groups in total. The Balaban J connectivity index is 1.78. The normalized spacial score (nSPS) is 11.6. The van der Waals surface area contributed by atoms with Crippen molar-refractivity contribution in [1.82, 2.24) is 14.7 Å². The van der Waals surface area contributed by atoms with E-state index in [2.05, 4.69) is 10.1 Å². The molecule has 0 aliphatic carbocycles. The van der Waals surface area contributed by atoms with Gasteiger partial charge in [-0.05, 0) is 50.2 Å². The third-order valence-electron chi connectivity index (χ3n) is 3.97. The molecule has 0 aliphatic rings. The fourth-order valence-electron chi connectivity index (χ4n) is 2.78. The number of halogens is 2. The molecule has 0 radical (unpaired) electrons. The summed E-state index contributed by atoms with van der Waals surface area (Å²) in [6.45, 7) is 3.76. The van der Waals surface area contributed by atoms with E-state index in [0.717, 1.165) is 18.2 Å². The number of rotatable bonds is 3. The molecule has 4 aromatic rings. The maximum Gasteiger partial charge on any atom is 0.420 e. The van der Waals surface area contributed by atoms with Gasteiger partial charge in [0.25, 0.3) is 5.89 Å². The van der Waals surface area contributed by atoms with Crippen LogP contribution in [0.2, 0.25) is 0 Å². The number of hydrogen-bond acceptors (Lipinski definition) is 5. The van der Waals surface area contributed by atoms with Crippen LogP contribution in [0.15, 0.2) is 50.1 Å². The van der Waals surface area contributed by atoms with Gasteiger partial charge in [0.1, 0.15) is 11.6 Å². The van der Waals surface area contributed by atoms with Crippen molar-refractivity contribution in [3.63, 3.8) is 0 Å². The Labute approximate surface area is 145 Å². The Kier molecular flexibility index (Phi) is 3.68. The molecule has 0 aliphatic heterocycles. The summed E-state index contributed by atoms with van der Waals surface area (Å²) in [5.74, 6) is -1.71. The molecule has 0 amide bonds. The lowest BCUT2D eigenvalue weighted by Crippen LogP contribution is -2.15. The zero-order chi connectivity index (χ0) is 18.4. The van der Waals surface area contributed by atoms with Gasteiger partial charge >= 0.3 is 5.76 Å². The predicted octanol–water partition coefficient (Wildman–Crippen LogP) is 4.17. The first-order valence-corrected chi connectivity index (χ1v) is 7.88. The van der Waals surface area contributed by atoms with E-state index in [1.54, 1.807) is 18.2 Å². The summed E-state index contributed by atoms with van der Waals surface area (Å²) in [6, 6.07) is 7.95. The van der Waals surface area contributed by atoms with Gasteiger partial charge in [0.2, 0.25) is 5.82 Å². The fraction of sp³-hybridized carbons (Fsp3) is 0.167. The molecular formula is C18H13F2N3O3. The zero-order valence-corrected chi connectivity index (χ0v) is 13.9. The molecule has 0 saturated carbocycles. The highest BCUT2D eigenvalue weighted by Gasteiger charge is 2.17. The van der Waals surface area contributed by atoms with Crippen molar-refractivity contribution >= 4 is 11.1 Å². The number of nitrogens with zero attached hydrogens (tertiary/aromatic N) is 3. The largest absolute Gasteiger partial charge is 0.420 e. The van der Waals surface area contributed by atoms with Crippen LogP contribution in [-0.2, 0) is 0 Å². The second-order valence-corrected chi connectivity index (χ2v) is 6.06. The number of aromatic nitrogens is 3. The molecule has 2 aromatic heterocycles. The Hall–Kier alpha value is -3.29. The quantitative estimate of drug-likeness (QED) is 0.550. The van der Waals surface area contributed by atoms with Crippen molar-refractivity contribution < 1.29 is 17.7 Å². The van der Waals surface area contributed by atoms with Crippen molar-refractivity contribution in [2.75, 3.05) is 0 Å². The average molecular weight is 357 g/mol. The minimum absolute atomic E-state index is 0.0534. The lowest BCUT2D eigenvalue weighted by atomic mass is 10.2. The minimum atomic E-state index is -0.669. The number of oxazole rings is 1. The molecule has 4 rings (SSSR count). The van der Waals surface area contributed by atoms with Crippen molar-refractivity contribution in [3.8, 4) is 22.8 Å². The first-order chi connectivity index (χ1) is 12.4. The maximum absolute atomic E-state index is 13.9. The molecule has 6 nitrogen and oxygen atoms in total. The SMILES string of the molecule is CC(C)n1c(=O)oc2cc(-c3noc(-c4cc(F)ccc4F)n3)ccc21. The Bertz CT molecular complexity index is 1170. The number of hydrogen-bond donors (Lipinski definition) is 0. The summed E-state index contributed by atoms with van der Waals surface area (Å²) in [5, 5.41) is 3.80. The Morgan fingerprint density at radius 2 is 1.92 bits per heavy atom. The summed E-state index contributed by atoms with van der Waals surface area (Å²) in [6.07, 6.45) is 0. The van der Waals surface area contributed by atoms with Gasteiger partial charge in [-0.25, -0.2) is 13.6 Å². The van der Waals surface area contributed by atoms with E-state index in [0.29, 0.717) is 16.7 Å². The van der Waals surface area contributed by atoms with Crippen LogP contribution in [0.5, 0.6) is 0 Å². The molecule has 8 heteroatoms. The molecule has 0 fully saturated rings. The molecular weight excluding hydrogens is 344 g/mol. The third kappa shape index (κ3) is 2.59. The molecule has 26 heavy (non-hydrogen) atoms. The van der Waals surface area contributed by atoms with Gasteiger partial charge in [-0.1, -0.05) is 5.16 Å². The molecule has 0 saturated heterocycles. The first-order valence-electron chi connectivity index (χ1n) is 7.88. The monoisotopic (exact) mass is 357 g/mol. The standard InChI is InChI=1S/C18H13F2N3O3/c1-9(2)23-14-6-3-10(7-15(14)25-18(23)24)16-21-17(26-22-16)12-8-11(19)4-5-13(12)20/h3-9H,1-2H3. The van der Waals surface area contributed by atoms with Crippen molar-refractivity contribution in [3.05, 3.63) is 58.6 Å². The zero-order valence-electron chi connectivity index (χ0n) is 13.9. The predicted molar refractivity (Wildman–Crippen MR) is 89.5 cm³/mol. The van der Waals surface area contributed by atoms with Crippen LogP contribution < -0.4 is 5.76 Å². The van der Waals surface area contributed by atoms with Crippen molar-refractivity contribution in [2.24, 2.45) is 0 Å². The summed E-state index contributed by atoms with van der Waals surface area (Å²) < 4.78 is 39.0. The fourth-order valence-corrected chi connectivity index (χ4v) is 2.78. The van der Waals surface area contributed by atoms with Gasteiger partial charge in [-0.2, -0.15) is 4.98 Å². The molecule has 0 unspecified atom stereocenters. The molecule has 2 heterocycles. The number of fused-ring (bicyclic) bond motifs is 1. The molecule has 0 spiro atoms. The lowest BCUT2D eigenvalue weighted by molar-refractivity contribution is 0.429. The molecule has 2 aromatic carbocycles. The van der Waals surface area contributed by atoms with Crippen LogP contribution in [0.4, 0.5) is 8.78 Å². The van der Waals surface area contributed by atoms with E-state index in [9.17, 15) is 13.6 Å². The van der Waals surface area contributed by atoms with Gasteiger partial charge in [0.15, 0.2) is 5.58 Å². The third-order valence-corrected chi connectivity index (χ3v) is 3.97. The summed E-state index contributed by atoms with van der Waals surface area (Å²) >= 11 is 0. The topological polar surface area (TPSA) is 74.1 Å². The van der Waals surface area contributed by atoms with Crippen molar-refractivity contribution in [2.45, 2.75) is 19.9 Å². The van der Waals surface area contributed by atoms with Crippen LogP contribution in [0.3, 0.4) is 0 Å². The maximum atomic E-state index is 13.9. The van der Waals surface area contributed by atoms with Crippen LogP contribution in [-0.4, -0.2) is 14.7 Å². The van der Waals surface area contributed by atoms with Crippen LogP contribution >= 0.6 is 0 Å². The van der Waals surface area contributed by atoms with E-state index >= 15 is 0 Å². The van der Waals surface area contributed by atoms with E-state index in [1.165, 1.54) is 4.57 Å². The second kappa shape index (κ2) is 5.91. The first kappa shape index (κ1) is 16.2. The highest BCUT2D eigenvalue weighted by Crippen LogP contribution is 2.27. The van der Waals surface area contributed by atoms with Gasteiger partial charge in [-0.3, -0.25) is 4.57 Å². The van der Waals surface area contributed by atoms with Crippen molar-refractivity contribution in [1.29, 1.82) is 0 Å². The summed E-state index contributed by atoms with van der Waals surface area (Å²) in [5.41, 5.74) is 1.43. The average Bonchev–Trinajstić information content (AvgIpc) is 3.19. The molecule has 0 bridgehead atoms. The van der Waals surface area contributed by atoms with Crippen LogP contribution in [0.1, 0.15) is 19.9 Å². The smallest absolute Gasteiger partial charge is 0.408 e. The van der Waals surface area contributed by atoms with E-state index in [4.69, 9.17) is 8.94 Å². The second-order valence-electron chi connectivity index (χ2n) is 6.06. The van der Waals surface area contributed by atoms with Crippen LogP contribution in [0.25, 0.3) is 33.9 Å². The Morgan fingerprint density at radius 1 is 1.12 bits per heavy atom. The lowest BCUT2D eigenvalue weighted by Gasteiger charge is -2.04. The van der Waals surface area contributed by atoms with Gasteiger partial charge in [-0.15, -0.1) is 0 Å². The molecule has 132 valence electrons. The molecule has 0 atom stereocenters. The van der Waals surface area contributed by atoms with Crippen LogP contribution in [0, 0.1) is 11.6 Å². The van der Waals surface area contributed by atoms with Gasteiger partial charge < -0.3 is 8.94 Å². The van der Waals surface area contributed by atoms with Gasteiger partial charge in [0.05, 0.1) is 11.1 Å². The number of benzene rings is 2. The minimum Gasteiger partial charge on any atom is -0.408 e. The van der Waals surface area contributed by atoms with E-state index in [1.807, 2.05) is 13.8 Å².